The van der Waals surface area contributed by atoms with Crippen LogP contribution in [0.3, 0.4) is 0 Å². The van der Waals surface area contributed by atoms with E-state index in [2.05, 4.69) is 50.0 Å². The van der Waals surface area contributed by atoms with Crippen molar-refractivity contribution in [1.29, 1.82) is 5.26 Å². The molecule has 2 aliphatic heterocycles. The lowest BCUT2D eigenvalue weighted by molar-refractivity contribution is 0.0591. The minimum absolute atomic E-state index is 0.0273. The second-order valence-corrected chi connectivity index (χ2v) is 9.03. The fourth-order valence-corrected chi connectivity index (χ4v) is 4.87. The van der Waals surface area contributed by atoms with Crippen LogP contribution in [0.2, 0.25) is 0 Å². The molecule has 10 heteroatoms. The van der Waals surface area contributed by atoms with E-state index in [1.165, 1.54) is 11.3 Å². The van der Waals surface area contributed by atoms with Crippen molar-refractivity contribution in [2.24, 2.45) is 0 Å². The molecule has 9 nitrogen and oxygen atoms in total. The molecule has 0 radical (unpaired) electrons. The highest BCUT2D eigenvalue weighted by molar-refractivity contribution is 7.14. The highest BCUT2D eigenvalue weighted by Gasteiger charge is 2.27. The van der Waals surface area contributed by atoms with E-state index < -0.39 is 0 Å². The van der Waals surface area contributed by atoms with Crippen molar-refractivity contribution in [1.82, 2.24) is 29.7 Å². The fourth-order valence-electron chi connectivity index (χ4n) is 4.19. The average molecular weight is 441 g/mol. The van der Waals surface area contributed by atoms with E-state index in [-0.39, 0.29) is 11.9 Å². The number of amides is 1. The van der Waals surface area contributed by atoms with Crippen LogP contribution < -0.4 is 5.32 Å². The van der Waals surface area contributed by atoms with Gasteiger partial charge in [-0.2, -0.15) is 5.26 Å². The third kappa shape index (κ3) is 5.01. The number of likely N-dealkylation sites (tertiary alicyclic amines) is 1. The third-order valence-electron chi connectivity index (χ3n) is 5.93. The van der Waals surface area contributed by atoms with Gasteiger partial charge in [0.15, 0.2) is 5.13 Å². The normalized spacial score (nSPS) is 20.2. The van der Waals surface area contributed by atoms with Gasteiger partial charge in [-0.25, -0.2) is 15.0 Å². The first-order valence-corrected chi connectivity index (χ1v) is 11.6. The Hall–Kier alpha value is -2.61. The van der Waals surface area contributed by atoms with E-state index in [0.29, 0.717) is 29.4 Å². The van der Waals surface area contributed by atoms with Gasteiger partial charge in [0, 0.05) is 43.8 Å². The first-order chi connectivity index (χ1) is 15.0. The average Bonchev–Trinajstić information content (AvgIpc) is 3.43. The number of nitrogens with zero attached hydrogens (tertiary/aromatic N) is 7. The third-order valence-corrected chi connectivity index (χ3v) is 6.69. The van der Waals surface area contributed by atoms with E-state index in [0.717, 1.165) is 51.3 Å². The number of carbonyl (C=O) groups excluding carboxylic acids is 1. The zero-order chi connectivity index (χ0) is 21.8. The molecule has 0 spiro atoms. The monoisotopic (exact) mass is 440 g/mol. The summed E-state index contributed by atoms with van der Waals surface area (Å²) in [6.07, 6.45) is 3.77. The summed E-state index contributed by atoms with van der Waals surface area (Å²) >= 11 is 1.38. The lowest BCUT2D eigenvalue weighted by Gasteiger charge is -2.36. The van der Waals surface area contributed by atoms with Gasteiger partial charge in [-0.15, -0.1) is 11.3 Å². The molecular weight excluding hydrogens is 412 g/mol. The molecular formula is C21H28N8OS. The number of anilines is 2. The molecule has 1 N–H and O–H groups in total. The second kappa shape index (κ2) is 9.68. The minimum Gasteiger partial charge on any atom is -0.335 e. The Bertz CT molecular complexity index is 947. The summed E-state index contributed by atoms with van der Waals surface area (Å²) in [6.45, 7) is 8.91. The van der Waals surface area contributed by atoms with Crippen molar-refractivity contribution in [2.75, 3.05) is 44.6 Å². The molecule has 2 aromatic heterocycles. The van der Waals surface area contributed by atoms with Crippen LogP contribution in [0.15, 0.2) is 17.6 Å². The largest absolute Gasteiger partial charge is 0.335 e. The Morgan fingerprint density at radius 3 is 2.84 bits per heavy atom. The van der Waals surface area contributed by atoms with Crippen molar-refractivity contribution in [2.45, 2.75) is 38.8 Å². The van der Waals surface area contributed by atoms with Gasteiger partial charge in [0.2, 0.25) is 5.95 Å². The maximum absolute atomic E-state index is 12.8. The van der Waals surface area contributed by atoms with E-state index in [1.54, 1.807) is 11.6 Å². The maximum atomic E-state index is 12.8. The molecule has 0 bridgehead atoms. The van der Waals surface area contributed by atoms with Gasteiger partial charge in [-0.3, -0.25) is 14.6 Å². The zero-order valence-corrected chi connectivity index (χ0v) is 18.8. The van der Waals surface area contributed by atoms with Crippen LogP contribution in [0.1, 0.15) is 48.9 Å². The van der Waals surface area contributed by atoms with Crippen molar-refractivity contribution in [3.8, 4) is 6.07 Å². The van der Waals surface area contributed by atoms with Crippen molar-refractivity contribution < 1.29 is 4.79 Å². The molecule has 0 unspecified atom stereocenters. The Morgan fingerprint density at radius 2 is 2.10 bits per heavy atom. The highest BCUT2D eigenvalue weighted by atomic mass is 32.1. The molecule has 164 valence electrons. The number of rotatable bonds is 6. The Labute approximate surface area is 186 Å². The van der Waals surface area contributed by atoms with Gasteiger partial charge < -0.3 is 10.2 Å². The van der Waals surface area contributed by atoms with Gasteiger partial charge in [-0.05, 0) is 39.3 Å². The predicted octanol–water partition coefficient (Wildman–Crippen LogP) is 2.50. The van der Waals surface area contributed by atoms with E-state index in [4.69, 9.17) is 5.26 Å². The minimum atomic E-state index is -0.0273. The van der Waals surface area contributed by atoms with Crippen LogP contribution >= 0.6 is 11.3 Å². The van der Waals surface area contributed by atoms with Gasteiger partial charge in [0.1, 0.15) is 5.69 Å². The number of nitriles is 1. The molecule has 2 saturated heterocycles. The van der Waals surface area contributed by atoms with Crippen molar-refractivity contribution >= 4 is 28.3 Å². The van der Waals surface area contributed by atoms with Crippen molar-refractivity contribution in [3.05, 3.63) is 29.0 Å². The Kier molecular flexibility index (Phi) is 6.75. The van der Waals surface area contributed by atoms with Crippen LogP contribution in [0.4, 0.5) is 11.1 Å². The van der Waals surface area contributed by atoms with Gasteiger partial charge in [0.25, 0.3) is 5.91 Å². The Balaban J connectivity index is 1.39. The number of thiazole rings is 1. The van der Waals surface area contributed by atoms with Crippen LogP contribution in [0.5, 0.6) is 0 Å². The quantitative estimate of drug-likeness (QED) is 0.684. The Morgan fingerprint density at radius 1 is 1.29 bits per heavy atom. The number of carbonyl (C=O) groups is 1. The van der Waals surface area contributed by atoms with E-state index >= 15 is 0 Å². The molecule has 4 rings (SSSR count). The lowest BCUT2D eigenvalue weighted by atomic mass is 10.1. The summed E-state index contributed by atoms with van der Waals surface area (Å²) in [7, 11) is 0. The summed E-state index contributed by atoms with van der Waals surface area (Å²) in [4.78, 5) is 32.7. The highest BCUT2D eigenvalue weighted by Crippen LogP contribution is 2.31. The molecule has 4 heterocycles. The lowest BCUT2D eigenvalue weighted by Crippen LogP contribution is -2.50. The number of aromatic nitrogens is 3. The summed E-state index contributed by atoms with van der Waals surface area (Å²) in [6, 6.07) is 4.77. The van der Waals surface area contributed by atoms with Gasteiger partial charge in [0.05, 0.1) is 24.3 Å². The summed E-state index contributed by atoms with van der Waals surface area (Å²) in [5.74, 6) is 0.431. The summed E-state index contributed by atoms with van der Waals surface area (Å²) < 4.78 is 0. The van der Waals surface area contributed by atoms with E-state index in [1.807, 2.05) is 11.0 Å². The molecule has 31 heavy (non-hydrogen) atoms. The first kappa shape index (κ1) is 21.6. The number of nitrogens with one attached hydrogen (secondary N) is 1. The van der Waals surface area contributed by atoms with Crippen LogP contribution in [-0.2, 0) is 0 Å². The fraction of sp³-hybridized carbons (Fsp3) is 0.571. The molecule has 1 atom stereocenters. The standard InChI is InChI=1S/C21H28N8OS/c1-15(2)27-10-12-29(13-11-27)19(30)17-14-31-21(25-17)26-20-23-7-5-16(24-20)18-4-3-8-28(18)9-6-22/h5,7,14-15,18H,3-4,8-13H2,1-2H3,(H,23,24,25,26)/t18-/m0/s1. The molecule has 0 aromatic carbocycles. The van der Waals surface area contributed by atoms with E-state index in [9.17, 15) is 4.79 Å². The smallest absolute Gasteiger partial charge is 0.273 e. The SMILES string of the molecule is CC(C)N1CCN(C(=O)c2csc(Nc3nccc([C@@H]4CCCN4CC#N)n3)n2)CC1. The molecule has 0 saturated carbocycles. The first-order valence-electron chi connectivity index (χ1n) is 10.7. The molecule has 2 fully saturated rings. The van der Waals surface area contributed by atoms with Gasteiger partial charge >= 0.3 is 0 Å². The zero-order valence-electron chi connectivity index (χ0n) is 18.0. The topological polar surface area (TPSA) is 101 Å². The van der Waals surface area contributed by atoms with Crippen LogP contribution in [0.25, 0.3) is 0 Å². The number of hydrogen-bond donors (Lipinski definition) is 1. The molecule has 0 aliphatic carbocycles. The summed E-state index contributed by atoms with van der Waals surface area (Å²) in [5.41, 5.74) is 1.36. The molecule has 2 aliphatic rings. The van der Waals surface area contributed by atoms with Crippen LogP contribution in [0, 0.1) is 11.3 Å². The van der Waals surface area contributed by atoms with Gasteiger partial charge in [-0.1, -0.05) is 0 Å². The molecule has 2 aromatic rings. The maximum Gasteiger partial charge on any atom is 0.273 e. The number of piperazine rings is 1. The predicted molar refractivity (Wildman–Crippen MR) is 119 cm³/mol. The second-order valence-electron chi connectivity index (χ2n) is 8.18. The summed E-state index contributed by atoms with van der Waals surface area (Å²) in [5, 5.41) is 14.6. The van der Waals surface area contributed by atoms with Crippen LogP contribution in [-0.4, -0.2) is 80.9 Å². The number of hydrogen-bond acceptors (Lipinski definition) is 9. The van der Waals surface area contributed by atoms with Crippen molar-refractivity contribution in [3.63, 3.8) is 0 Å². The molecule has 1 amide bonds.